The molecule has 32 heavy (non-hydrogen) atoms. The van der Waals surface area contributed by atoms with Crippen molar-refractivity contribution in [3.8, 4) is 5.75 Å². The molecule has 170 valence electrons. The SMILES string of the molecule is COc1cccc(C(=O)NCCc2nc(N3CCOCC3)ncc2C(=O)N2CCCC2)c1. The molecule has 0 radical (unpaired) electrons. The number of hydrogen-bond acceptors (Lipinski definition) is 7. The number of hydrogen-bond donors (Lipinski definition) is 1. The van der Waals surface area contributed by atoms with Crippen LogP contribution in [0.25, 0.3) is 0 Å². The third-order valence-corrected chi connectivity index (χ3v) is 5.75. The summed E-state index contributed by atoms with van der Waals surface area (Å²) in [7, 11) is 1.57. The highest BCUT2D eigenvalue weighted by Gasteiger charge is 2.24. The number of nitrogens with one attached hydrogen (secondary N) is 1. The Morgan fingerprint density at radius 1 is 1.16 bits per heavy atom. The molecule has 4 rings (SSSR count). The Morgan fingerprint density at radius 3 is 2.69 bits per heavy atom. The molecular formula is C23H29N5O4. The molecule has 2 aliphatic rings. The molecule has 0 atom stereocenters. The summed E-state index contributed by atoms with van der Waals surface area (Å²) in [6, 6.07) is 7.00. The summed E-state index contributed by atoms with van der Waals surface area (Å²) in [6.07, 6.45) is 4.11. The van der Waals surface area contributed by atoms with Gasteiger partial charge in [-0.2, -0.15) is 0 Å². The number of carbonyl (C=O) groups excluding carboxylic acids is 2. The average Bonchev–Trinajstić information content (AvgIpc) is 3.39. The number of likely N-dealkylation sites (tertiary alicyclic amines) is 1. The van der Waals surface area contributed by atoms with Gasteiger partial charge in [-0.15, -0.1) is 0 Å². The van der Waals surface area contributed by atoms with Crippen LogP contribution in [0.2, 0.25) is 0 Å². The number of morpholine rings is 1. The number of rotatable bonds is 7. The van der Waals surface area contributed by atoms with E-state index in [4.69, 9.17) is 14.5 Å². The minimum Gasteiger partial charge on any atom is -0.497 e. The van der Waals surface area contributed by atoms with Crippen LogP contribution < -0.4 is 15.0 Å². The maximum absolute atomic E-state index is 13.1. The highest BCUT2D eigenvalue weighted by atomic mass is 16.5. The zero-order valence-corrected chi connectivity index (χ0v) is 18.4. The van der Waals surface area contributed by atoms with Crippen LogP contribution in [0.1, 0.15) is 39.3 Å². The van der Waals surface area contributed by atoms with Crippen molar-refractivity contribution in [2.24, 2.45) is 0 Å². The fraction of sp³-hybridized carbons (Fsp3) is 0.478. The van der Waals surface area contributed by atoms with Crippen LogP contribution >= 0.6 is 0 Å². The molecule has 2 aliphatic heterocycles. The Hall–Kier alpha value is -3.20. The van der Waals surface area contributed by atoms with Gasteiger partial charge in [0.25, 0.3) is 11.8 Å². The molecule has 0 bridgehead atoms. The Morgan fingerprint density at radius 2 is 1.94 bits per heavy atom. The van der Waals surface area contributed by atoms with E-state index in [2.05, 4.69) is 15.2 Å². The van der Waals surface area contributed by atoms with Gasteiger partial charge in [-0.1, -0.05) is 6.07 Å². The second-order valence-electron chi connectivity index (χ2n) is 7.87. The van der Waals surface area contributed by atoms with E-state index in [0.717, 1.165) is 25.9 Å². The van der Waals surface area contributed by atoms with Crippen molar-refractivity contribution in [1.82, 2.24) is 20.2 Å². The molecule has 0 aliphatic carbocycles. The summed E-state index contributed by atoms with van der Waals surface area (Å²) in [5.41, 5.74) is 1.69. The van der Waals surface area contributed by atoms with Crippen LogP contribution in [0.15, 0.2) is 30.5 Å². The lowest BCUT2D eigenvalue weighted by atomic mass is 10.1. The number of anilines is 1. The maximum atomic E-state index is 13.1. The Bertz CT molecular complexity index is 955. The van der Waals surface area contributed by atoms with Crippen molar-refractivity contribution in [2.75, 3.05) is 57.9 Å². The van der Waals surface area contributed by atoms with Crippen molar-refractivity contribution >= 4 is 17.8 Å². The Balaban J connectivity index is 1.48. The van der Waals surface area contributed by atoms with E-state index in [9.17, 15) is 9.59 Å². The van der Waals surface area contributed by atoms with Crippen molar-refractivity contribution < 1.29 is 19.1 Å². The fourth-order valence-corrected chi connectivity index (χ4v) is 3.94. The molecule has 9 heteroatoms. The number of nitrogens with zero attached hydrogens (tertiary/aromatic N) is 4. The lowest BCUT2D eigenvalue weighted by molar-refractivity contribution is 0.0790. The molecule has 0 saturated carbocycles. The predicted octanol–water partition coefficient (Wildman–Crippen LogP) is 1.53. The average molecular weight is 440 g/mol. The van der Waals surface area contributed by atoms with Gasteiger partial charge in [0.05, 0.1) is 31.6 Å². The van der Waals surface area contributed by atoms with Crippen LogP contribution in [0, 0.1) is 0 Å². The van der Waals surface area contributed by atoms with Crippen molar-refractivity contribution in [3.05, 3.63) is 47.3 Å². The van der Waals surface area contributed by atoms with E-state index in [-0.39, 0.29) is 11.8 Å². The van der Waals surface area contributed by atoms with E-state index in [1.54, 1.807) is 37.6 Å². The fourth-order valence-electron chi connectivity index (χ4n) is 3.94. The first-order chi connectivity index (χ1) is 15.7. The monoisotopic (exact) mass is 439 g/mol. The number of carbonyl (C=O) groups is 2. The summed E-state index contributed by atoms with van der Waals surface area (Å²) in [5.74, 6) is 0.992. The van der Waals surface area contributed by atoms with Crippen molar-refractivity contribution in [2.45, 2.75) is 19.3 Å². The molecule has 2 fully saturated rings. The summed E-state index contributed by atoms with van der Waals surface area (Å²) in [6.45, 7) is 4.56. The van der Waals surface area contributed by atoms with Gasteiger partial charge >= 0.3 is 0 Å². The first kappa shape index (κ1) is 22.0. The van der Waals surface area contributed by atoms with Crippen molar-refractivity contribution in [3.63, 3.8) is 0 Å². The van der Waals surface area contributed by atoms with Crippen LogP contribution in [-0.4, -0.2) is 79.7 Å². The molecule has 0 spiro atoms. The van der Waals surface area contributed by atoms with Crippen LogP contribution in [-0.2, 0) is 11.2 Å². The van der Waals surface area contributed by atoms with Gasteiger partial charge in [0.2, 0.25) is 5.95 Å². The molecule has 0 unspecified atom stereocenters. The molecule has 1 N–H and O–H groups in total. The third kappa shape index (κ3) is 5.16. The summed E-state index contributed by atoms with van der Waals surface area (Å²) in [4.78, 5) is 38.7. The minimum absolute atomic E-state index is 0.0369. The standard InChI is InChI=1S/C23H29N5O4/c1-31-18-6-4-5-17(15-18)21(29)24-8-7-20-19(22(30)27-9-2-3-10-27)16-25-23(26-20)28-11-13-32-14-12-28/h4-6,15-16H,2-3,7-14H2,1H3,(H,24,29). The molecule has 1 aromatic carbocycles. The van der Waals surface area contributed by atoms with E-state index in [1.165, 1.54) is 0 Å². The number of amides is 2. The topological polar surface area (TPSA) is 96.9 Å². The largest absolute Gasteiger partial charge is 0.497 e. The normalized spacial score (nSPS) is 16.2. The number of benzene rings is 1. The third-order valence-electron chi connectivity index (χ3n) is 5.75. The molecule has 3 heterocycles. The van der Waals surface area contributed by atoms with E-state index in [0.29, 0.717) is 67.8 Å². The van der Waals surface area contributed by atoms with Gasteiger partial charge in [-0.3, -0.25) is 9.59 Å². The lowest BCUT2D eigenvalue weighted by Crippen LogP contribution is -2.38. The van der Waals surface area contributed by atoms with E-state index >= 15 is 0 Å². The first-order valence-corrected chi connectivity index (χ1v) is 11.1. The second kappa shape index (κ2) is 10.4. The molecule has 2 saturated heterocycles. The molecular weight excluding hydrogens is 410 g/mol. The van der Waals surface area contributed by atoms with Gasteiger partial charge < -0.3 is 24.6 Å². The van der Waals surface area contributed by atoms with Gasteiger partial charge in [0, 0.05) is 50.9 Å². The highest BCUT2D eigenvalue weighted by molar-refractivity contribution is 5.96. The maximum Gasteiger partial charge on any atom is 0.257 e. The number of methoxy groups -OCH3 is 1. The quantitative estimate of drug-likeness (QED) is 0.699. The summed E-state index contributed by atoms with van der Waals surface area (Å²) in [5, 5.41) is 2.92. The highest BCUT2D eigenvalue weighted by Crippen LogP contribution is 2.19. The molecule has 1 aromatic heterocycles. The van der Waals surface area contributed by atoms with Gasteiger partial charge in [-0.25, -0.2) is 9.97 Å². The van der Waals surface area contributed by atoms with E-state index < -0.39 is 0 Å². The number of aromatic nitrogens is 2. The summed E-state index contributed by atoms with van der Waals surface area (Å²) < 4.78 is 10.6. The smallest absolute Gasteiger partial charge is 0.257 e. The predicted molar refractivity (Wildman–Crippen MR) is 119 cm³/mol. The minimum atomic E-state index is -0.196. The lowest BCUT2D eigenvalue weighted by Gasteiger charge is -2.27. The van der Waals surface area contributed by atoms with E-state index in [1.807, 2.05) is 4.90 Å². The van der Waals surface area contributed by atoms with Crippen LogP contribution in [0.5, 0.6) is 5.75 Å². The molecule has 2 amide bonds. The zero-order chi connectivity index (χ0) is 22.3. The van der Waals surface area contributed by atoms with Gasteiger partial charge in [0.15, 0.2) is 0 Å². The molecule has 9 nitrogen and oxygen atoms in total. The van der Waals surface area contributed by atoms with Crippen LogP contribution in [0.3, 0.4) is 0 Å². The second-order valence-corrected chi connectivity index (χ2v) is 7.87. The first-order valence-electron chi connectivity index (χ1n) is 11.1. The summed E-state index contributed by atoms with van der Waals surface area (Å²) >= 11 is 0. The zero-order valence-electron chi connectivity index (χ0n) is 18.4. The number of ether oxygens (including phenoxy) is 2. The Labute approximate surface area is 187 Å². The van der Waals surface area contributed by atoms with Gasteiger partial charge in [0.1, 0.15) is 5.75 Å². The van der Waals surface area contributed by atoms with Crippen LogP contribution in [0.4, 0.5) is 5.95 Å². The van der Waals surface area contributed by atoms with Crippen molar-refractivity contribution in [1.29, 1.82) is 0 Å². The molecule has 2 aromatic rings. The Kier molecular flexibility index (Phi) is 7.16. The van der Waals surface area contributed by atoms with Gasteiger partial charge in [-0.05, 0) is 31.0 Å².